The van der Waals surface area contributed by atoms with Gasteiger partial charge in [0.15, 0.2) is 6.10 Å². The summed E-state index contributed by atoms with van der Waals surface area (Å²) in [5.74, 6) is 0.151. The minimum Gasteiger partial charge on any atom is -0.481 e. The van der Waals surface area contributed by atoms with Crippen molar-refractivity contribution in [2.45, 2.75) is 13.0 Å². The van der Waals surface area contributed by atoms with Crippen molar-refractivity contribution < 1.29 is 14.3 Å². The highest BCUT2D eigenvalue weighted by atomic mass is 35.5. The molecule has 108 valence electrons. The monoisotopic (exact) mass is 322 g/mol. The number of carbonyl (C=O) groups excluding carboxylic acids is 2. The van der Waals surface area contributed by atoms with Crippen LogP contribution in [-0.2, 0) is 0 Å². The largest absolute Gasteiger partial charge is 0.481 e. The van der Waals surface area contributed by atoms with Crippen molar-refractivity contribution in [3.05, 3.63) is 63.6 Å². The second-order valence-corrected chi connectivity index (χ2v) is 5.29. The van der Waals surface area contributed by atoms with E-state index in [9.17, 15) is 9.59 Å². The molecular formula is C16H12Cl2O3. The number of hydrogen-bond donors (Lipinski definition) is 0. The topological polar surface area (TPSA) is 43.4 Å². The number of carbonyl (C=O) groups is 2. The summed E-state index contributed by atoms with van der Waals surface area (Å²) in [4.78, 5) is 22.9. The zero-order valence-corrected chi connectivity index (χ0v) is 12.7. The minimum atomic E-state index is -0.719. The van der Waals surface area contributed by atoms with Gasteiger partial charge in [0.25, 0.3) is 0 Å². The van der Waals surface area contributed by atoms with E-state index in [4.69, 9.17) is 27.9 Å². The fourth-order valence-electron chi connectivity index (χ4n) is 1.81. The maximum Gasteiger partial charge on any atom is 0.203 e. The lowest BCUT2D eigenvalue weighted by Crippen LogP contribution is -2.24. The number of benzene rings is 2. The standard InChI is InChI=1S/C16H12Cl2O3/c1-10(16(20)12-3-2-4-13(17)8-12)21-15-6-5-11(9-19)7-14(15)18/h2-10H,1H3. The van der Waals surface area contributed by atoms with E-state index in [2.05, 4.69) is 0 Å². The van der Waals surface area contributed by atoms with Gasteiger partial charge in [-0.15, -0.1) is 0 Å². The van der Waals surface area contributed by atoms with Gasteiger partial charge in [-0.3, -0.25) is 9.59 Å². The van der Waals surface area contributed by atoms with E-state index < -0.39 is 6.10 Å². The molecule has 0 heterocycles. The molecule has 2 aromatic carbocycles. The Hall–Kier alpha value is -1.84. The predicted molar refractivity (Wildman–Crippen MR) is 82.7 cm³/mol. The Labute approximate surface area is 132 Å². The van der Waals surface area contributed by atoms with Gasteiger partial charge in [-0.1, -0.05) is 35.3 Å². The van der Waals surface area contributed by atoms with E-state index in [0.717, 1.165) is 0 Å². The van der Waals surface area contributed by atoms with Crippen LogP contribution in [0.4, 0.5) is 0 Å². The fourth-order valence-corrected chi connectivity index (χ4v) is 2.23. The molecule has 1 unspecified atom stereocenters. The molecule has 5 heteroatoms. The number of aldehydes is 1. The summed E-state index contributed by atoms with van der Waals surface area (Å²) < 4.78 is 5.56. The molecular weight excluding hydrogens is 311 g/mol. The van der Waals surface area contributed by atoms with Crippen LogP contribution in [0, 0.1) is 0 Å². The molecule has 0 aliphatic heterocycles. The summed E-state index contributed by atoms with van der Waals surface area (Å²) in [6.45, 7) is 1.63. The maximum absolute atomic E-state index is 12.3. The Morgan fingerprint density at radius 1 is 1.19 bits per heavy atom. The zero-order chi connectivity index (χ0) is 15.4. The third kappa shape index (κ3) is 3.84. The third-order valence-corrected chi connectivity index (χ3v) is 3.40. The first-order chi connectivity index (χ1) is 10.0. The van der Waals surface area contributed by atoms with Gasteiger partial charge >= 0.3 is 0 Å². The van der Waals surface area contributed by atoms with Gasteiger partial charge in [0.1, 0.15) is 12.0 Å². The van der Waals surface area contributed by atoms with Gasteiger partial charge in [0.2, 0.25) is 5.78 Å². The van der Waals surface area contributed by atoms with Crippen LogP contribution >= 0.6 is 23.2 Å². The van der Waals surface area contributed by atoms with Crippen molar-refractivity contribution >= 4 is 35.3 Å². The molecule has 21 heavy (non-hydrogen) atoms. The van der Waals surface area contributed by atoms with Crippen molar-refractivity contribution in [2.24, 2.45) is 0 Å². The quantitative estimate of drug-likeness (QED) is 0.603. The SMILES string of the molecule is CC(Oc1ccc(C=O)cc1Cl)C(=O)c1cccc(Cl)c1. The lowest BCUT2D eigenvalue weighted by atomic mass is 10.1. The summed E-state index contributed by atoms with van der Waals surface area (Å²) >= 11 is 11.9. The molecule has 0 aliphatic rings. The van der Waals surface area contributed by atoms with Gasteiger partial charge in [-0.2, -0.15) is 0 Å². The number of ketones is 1. The van der Waals surface area contributed by atoms with Gasteiger partial charge < -0.3 is 4.74 Å². The molecule has 0 saturated carbocycles. The molecule has 1 atom stereocenters. The Balaban J connectivity index is 2.16. The van der Waals surface area contributed by atoms with Crippen molar-refractivity contribution in [3.8, 4) is 5.75 Å². The van der Waals surface area contributed by atoms with Crippen LogP contribution in [0.15, 0.2) is 42.5 Å². The number of rotatable bonds is 5. The normalized spacial score (nSPS) is 11.8. The lowest BCUT2D eigenvalue weighted by Gasteiger charge is -2.15. The molecule has 0 radical (unpaired) electrons. The molecule has 0 fully saturated rings. The lowest BCUT2D eigenvalue weighted by molar-refractivity contribution is 0.0818. The molecule has 0 amide bonds. The summed E-state index contributed by atoms with van der Waals surface area (Å²) in [6.07, 6.45) is -0.0287. The smallest absolute Gasteiger partial charge is 0.203 e. The molecule has 2 aromatic rings. The van der Waals surface area contributed by atoms with Crippen LogP contribution < -0.4 is 4.74 Å². The van der Waals surface area contributed by atoms with Crippen LogP contribution in [0.25, 0.3) is 0 Å². The highest BCUT2D eigenvalue weighted by Gasteiger charge is 2.18. The Kier molecular flexibility index (Phi) is 4.99. The number of Topliss-reactive ketones (excluding diaryl/α,β-unsaturated/α-hetero) is 1. The first kappa shape index (κ1) is 15.5. The van der Waals surface area contributed by atoms with E-state index >= 15 is 0 Å². The highest BCUT2D eigenvalue weighted by Crippen LogP contribution is 2.26. The van der Waals surface area contributed by atoms with Gasteiger partial charge in [-0.25, -0.2) is 0 Å². The summed E-state index contributed by atoms with van der Waals surface area (Å²) in [7, 11) is 0. The van der Waals surface area contributed by atoms with Crippen molar-refractivity contribution in [3.63, 3.8) is 0 Å². The maximum atomic E-state index is 12.3. The molecule has 0 aromatic heterocycles. The Morgan fingerprint density at radius 3 is 2.57 bits per heavy atom. The average Bonchev–Trinajstić information content (AvgIpc) is 2.48. The predicted octanol–water partition coefficient (Wildman–Crippen LogP) is 4.46. The molecule has 0 aliphatic carbocycles. The van der Waals surface area contributed by atoms with Crippen LogP contribution in [0.3, 0.4) is 0 Å². The highest BCUT2D eigenvalue weighted by molar-refractivity contribution is 6.32. The summed E-state index contributed by atoms with van der Waals surface area (Å²) in [5.41, 5.74) is 0.914. The van der Waals surface area contributed by atoms with E-state index in [1.165, 1.54) is 6.07 Å². The number of ether oxygens (including phenoxy) is 1. The first-order valence-electron chi connectivity index (χ1n) is 6.22. The number of hydrogen-bond acceptors (Lipinski definition) is 3. The minimum absolute atomic E-state index is 0.201. The van der Waals surface area contributed by atoms with Crippen LogP contribution in [0.1, 0.15) is 27.6 Å². The zero-order valence-electron chi connectivity index (χ0n) is 11.2. The second kappa shape index (κ2) is 6.74. The van der Waals surface area contributed by atoms with Crippen LogP contribution in [-0.4, -0.2) is 18.2 Å². The van der Waals surface area contributed by atoms with E-state index in [1.54, 1.807) is 43.3 Å². The fraction of sp³-hybridized carbons (Fsp3) is 0.125. The molecule has 0 spiro atoms. The van der Waals surface area contributed by atoms with Crippen molar-refractivity contribution in [1.29, 1.82) is 0 Å². The molecule has 0 N–H and O–H groups in total. The van der Waals surface area contributed by atoms with E-state index in [1.807, 2.05) is 0 Å². The molecule has 2 rings (SSSR count). The molecule has 0 saturated heterocycles. The number of halogens is 2. The molecule has 3 nitrogen and oxygen atoms in total. The van der Waals surface area contributed by atoms with E-state index in [-0.39, 0.29) is 10.8 Å². The molecule has 0 bridgehead atoms. The Morgan fingerprint density at radius 2 is 1.95 bits per heavy atom. The van der Waals surface area contributed by atoms with Crippen molar-refractivity contribution in [2.75, 3.05) is 0 Å². The van der Waals surface area contributed by atoms with Crippen LogP contribution in [0.2, 0.25) is 10.0 Å². The Bertz CT molecular complexity index is 683. The summed E-state index contributed by atoms with van der Waals surface area (Å²) in [6, 6.07) is 11.3. The average molecular weight is 323 g/mol. The van der Waals surface area contributed by atoms with Gasteiger partial charge in [-0.05, 0) is 37.3 Å². The second-order valence-electron chi connectivity index (χ2n) is 4.44. The van der Waals surface area contributed by atoms with Crippen molar-refractivity contribution in [1.82, 2.24) is 0 Å². The first-order valence-corrected chi connectivity index (χ1v) is 6.98. The van der Waals surface area contributed by atoms with Crippen LogP contribution in [0.5, 0.6) is 5.75 Å². The summed E-state index contributed by atoms with van der Waals surface area (Å²) in [5, 5.41) is 0.770. The van der Waals surface area contributed by atoms with Gasteiger partial charge in [0.05, 0.1) is 5.02 Å². The third-order valence-electron chi connectivity index (χ3n) is 2.87. The van der Waals surface area contributed by atoms with Gasteiger partial charge in [0, 0.05) is 16.1 Å². The van der Waals surface area contributed by atoms with E-state index in [0.29, 0.717) is 28.2 Å².